The number of hydrogen-bond acceptors (Lipinski definition) is 5. The van der Waals surface area contributed by atoms with Crippen LogP contribution in [0.25, 0.3) is 5.65 Å². The van der Waals surface area contributed by atoms with Gasteiger partial charge in [-0.05, 0) is 31.2 Å². The molecule has 0 bridgehead atoms. The van der Waals surface area contributed by atoms with E-state index in [9.17, 15) is 19.3 Å². The second-order valence-corrected chi connectivity index (χ2v) is 5.22. The molecule has 0 spiro atoms. The van der Waals surface area contributed by atoms with Crippen molar-refractivity contribution < 1.29 is 18.8 Å². The number of carbonyl (C=O) groups excluding carboxylic acids is 1. The van der Waals surface area contributed by atoms with Crippen molar-refractivity contribution in [3.63, 3.8) is 0 Å². The van der Waals surface area contributed by atoms with Gasteiger partial charge < -0.3 is 10.1 Å². The number of halogens is 1. The fourth-order valence-electron chi connectivity index (χ4n) is 2.51. The lowest BCUT2D eigenvalue weighted by Crippen LogP contribution is -2.16. The number of hydrogen-bond donors (Lipinski definition) is 1. The van der Waals surface area contributed by atoms with E-state index in [1.54, 1.807) is 6.92 Å². The SMILES string of the molecule is COc1ccc(NC(=O)c2c(C)nc3ccc(F)cn23)cc1[N+](=O)[O-]. The Morgan fingerprint density at radius 3 is 2.80 bits per heavy atom. The van der Waals surface area contributed by atoms with E-state index in [0.29, 0.717) is 11.3 Å². The predicted octanol–water partition coefficient (Wildman–Crippen LogP) is 2.95. The van der Waals surface area contributed by atoms with Gasteiger partial charge in [0.05, 0.1) is 17.7 Å². The minimum absolute atomic E-state index is 0.0797. The van der Waals surface area contributed by atoms with Crippen LogP contribution in [0.2, 0.25) is 0 Å². The molecule has 0 saturated heterocycles. The van der Waals surface area contributed by atoms with E-state index in [1.807, 2.05) is 0 Å². The first-order chi connectivity index (χ1) is 11.9. The molecule has 1 N–H and O–H groups in total. The number of imidazole rings is 1. The van der Waals surface area contributed by atoms with Gasteiger partial charge in [0.15, 0.2) is 5.75 Å². The van der Waals surface area contributed by atoms with E-state index in [1.165, 1.54) is 41.8 Å². The van der Waals surface area contributed by atoms with Gasteiger partial charge in [0.25, 0.3) is 5.91 Å². The molecule has 25 heavy (non-hydrogen) atoms. The van der Waals surface area contributed by atoms with Crippen LogP contribution in [-0.4, -0.2) is 27.3 Å². The molecule has 9 heteroatoms. The molecule has 0 saturated carbocycles. The first kappa shape index (κ1) is 16.4. The number of benzene rings is 1. The van der Waals surface area contributed by atoms with E-state index in [-0.39, 0.29) is 22.8 Å². The highest BCUT2D eigenvalue weighted by Gasteiger charge is 2.20. The number of aromatic nitrogens is 2. The fraction of sp³-hybridized carbons (Fsp3) is 0.125. The van der Waals surface area contributed by atoms with Gasteiger partial charge in [-0.1, -0.05) is 0 Å². The highest BCUT2D eigenvalue weighted by atomic mass is 19.1. The summed E-state index contributed by atoms with van der Waals surface area (Å²) in [6, 6.07) is 6.75. The summed E-state index contributed by atoms with van der Waals surface area (Å²) in [5.41, 5.74) is 0.910. The van der Waals surface area contributed by atoms with Crippen molar-refractivity contribution >= 4 is 22.9 Å². The third kappa shape index (κ3) is 2.99. The largest absolute Gasteiger partial charge is 0.490 e. The lowest BCUT2D eigenvalue weighted by atomic mass is 10.2. The number of methoxy groups -OCH3 is 1. The smallest absolute Gasteiger partial charge is 0.312 e. The second-order valence-electron chi connectivity index (χ2n) is 5.22. The number of pyridine rings is 1. The molecular weight excluding hydrogens is 331 g/mol. The Balaban J connectivity index is 1.98. The third-order valence-electron chi connectivity index (χ3n) is 3.61. The lowest BCUT2D eigenvalue weighted by Gasteiger charge is -2.08. The summed E-state index contributed by atoms with van der Waals surface area (Å²) in [6.45, 7) is 1.62. The van der Waals surface area contributed by atoms with E-state index in [2.05, 4.69) is 10.3 Å². The molecule has 0 aliphatic rings. The number of rotatable bonds is 4. The van der Waals surface area contributed by atoms with Crippen LogP contribution < -0.4 is 10.1 Å². The van der Waals surface area contributed by atoms with Gasteiger partial charge in [0, 0.05) is 18.0 Å². The standard InChI is InChI=1S/C16H13FN4O4/c1-9-15(20-8-10(17)3-6-14(20)18-9)16(22)19-11-4-5-13(25-2)12(7-11)21(23)24/h3-8H,1-2H3,(H,19,22). The highest BCUT2D eigenvalue weighted by molar-refractivity contribution is 6.04. The number of ether oxygens (including phenoxy) is 1. The van der Waals surface area contributed by atoms with Gasteiger partial charge in [-0.15, -0.1) is 0 Å². The summed E-state index contributed by atoms with van der Waals surface area (Å²) < 4.78 is 19.7. The number of fused-ring (bicyclic) bond motifs is 1. The zero-order chi connectivity index (χ0) is 18.1. The van der Waals surface area contributed by atoms with Crippen LogP contribution in [0, 0.1) is 22.9 Å². The van der Waals surface area contributed by atoms with E-state index in [4.69, 9.17) is 4.74 Å². The third-order valence-corrected chi connectivity index (χ3v) is 3.61. The van der Waals surface area contributed by atoms with E-state index in [0.717, 1.165) is 6.20 Å². The van der Waals surface area contributed by atoms with Crippen molar-refractivity contribution in [2.45, 2.75) is 6.92 Å². The van der Waals surface area contributed by atoms with Crippen LogP contribution >= 0.6 is 0 Å². The molecule has 1 amide bonds. The number of aryl methyl sites for hydroxylation is 1. The minimum Gasteiger partial charge on any atom is -0.490 e. The zero-order valence-electron chi connectivity index (χ0n) is 13.3. The summed E-state index contributed by atoms with van der Waals surface area (Å²) in [4.78, 5) is 27.2. The number of nitro groups is 1. The predicted molar refractivity (Wildman–Crippen MR) is 87.5 cm³/mol. The zero-order valence-corrected chi connectivity index (χ0v) is 13.3. The molecule has 0 radical (unpaired) electrons. The first-order valence-corrected chi connectivity index (χ1v) is 7.18. The molecule has 2 aromatic heterocycles. The monoisotopic (exact) mass is 344 g/mol. The molecule has 0 atom stereocenters. The van der Waals surface area contributed by atoms with E-state index < -0.39 is 16.6 Å². The molecule has 128 valence electrons. The quantitative estimate of drug-likeness (QED) is 0.579. The van der Waals surface area contributed by atoms with Crippen LogP contribution in [-0.2, 0) is 0 Å². The molecule has 3 aromatic rings. The number of amides is 1. The maximum absolute atomic E-state index is 13.5. The fourth-order valence-corrected chi connectivity index (χ4v) is 2.51. The summed E-state index contributed by atoms with van der Waals surface area (Å²) in [6.07, 6.45) is 1.15. The van der Waals surface area contributed by atoms with Crippen LogP contribution in [0.3, 0.4) is 0 Å². The van der Waals surface area contributed by atoms with Gasteiger partial charge in [-0.2, -0.15) is 0 Å². The maximum atomic E-state index is 13.5. The average Bonchev–Trinajstić information content (AvgIpc) is 2.89. The van der Waals surface area contributed by atoms with Crippen molar-refractivity contribution in [3.05, 3.63) is 63.8 Å². The molecule has 8 nitrogen and oxygen atoms in total. The summed E-state index contributed by atoms with van der Waals surface area (Å²) in [7, 11) is 1.32. The maximum Gasteiger partial charge on any atom is 0.312 e. The summed E-state index contributed by atoms with van der Waals surface area (Å²) >= 11 is 0. The number of nitrogens with zero attached hydrogens (tertiary/aromatic N) is 3. The van der Waals surface area contributed by atoms with Gasteiger partial charge in [0.2, 0.25) is 0 Å². The second kappa shape index (κ2) is 6.19. The first-order valence-electron chi connectivity index (χ1n) is 7.18. The van der Waals surface area contributed by atoms with Gasteiger partial charge in [-0.25, -0.2) is 9.37 Å². The van der Waals surface area contributed by atoms with Crippen molar-refractivity contribution in [2.24, 2.45) is 0 Å². The minimum atomic E-state index is -0.608. The number of nitrogens with one attached hydrogen (secondary N) is 1. The van der Waals surface area contributed by atoms with Crippen LogP contribution in [0.5, 0.6) is 5.75 Å². The average molecular weight is 344 g/mol. The molecule has 1 aromatic carbocycles. The summed E-state index contributed by atoms with van der Waals surface area (Å²) in [5.74, 6) is -0.995. The van der Waals surface area contributed by atoms with Crippen molar-refractivity contribution in [1.82, 2.24) is 9.38 Å². The normalized spacial score (nSPS) is 10.7. The summed E-state index contributed by atoms with van der Waals surface area (Å²) in [5, 5.41) is 13.6. The molecular formula is C16H13FN4O4. The Morgan fingerprint density at radius 2 is 2.12 bits per heavy atom. The van der Waals surface area contributed by atoms with Crippen molar-refractivity contribution in [1.29, 1.82) is 0 Å². The molecule has 2 heterocycles. The Morgan fingerprint density at radius 1 is 1.36 bits per heavy atom. The molecule has 0 unspecified atom stereocenters. The topological polar surface area (TPSA) is 98.8 Å². The van der Waals surface area contributed by atoms with Gasteiger partial charge in [-0.3, -0.25) is 19.3 Å². The Hall–Kier alpha value is -3.49. The number of anilines is 1. The Labute approximate surface area is 141 Å². The van der Waals surface area contributed by atoms with E-state index >= 15 is 0 Å². The molecule has 0 fully saturated rings. The van der Waals surface area contributed by atoms with Crippen molar-refractivity contribution in [3.8, 4) is 5.75 Å². The van der Waals surface area contributed by atoms with Crippen molar-refractivity contribution in [2.75, 3.05) is 12.4 Å². The van der Waals surface area contributed by atoms with Crippen LogP contribution in [0.1, 0.15) is 16.2 Å². The molecule has 3 rings (SSSR count). The molecule has 0 aliphatic heterocycles. The van der Waals surface area contributed by atoms with Crippen LogP contribution in [0.4, 0.5) is 15.8 Å². The number of nitro benzene ring substituents is 1. The highest BCUT2D eigenvalue weighted by Crippen LogP contribution is 2.30. The number of carbonyl (C=O) groups is 1. The van der Waals surface area contributed by atoms with Gasteiger partial charge >= 0.3 is 5.69 Å². The molecule has 0 aliphatic carbocycles. The Bertz CT molecular complexity index is 999. The van der Waals surface area contributed by atoms with Gasteiger partial charge in [0.1, 0.15) is 17.2 Å². The Kier molecular flexibility index (Phi) is 4.05. The van der Waals surface area contributed by atoms with Crippen LogP contribution in [0.15, 0.2) is 36.5 Å². The lowest BCUT2D eigenvalue weighted by molar-refractivity contribution is -0.385.